The molecule has 88 valence electrons. The van der Waals surface area contributed by atoms with Crippen LogP contribution in [-0.4, -0.2) is 12.1 Å². The quantitative estimate of drug-likeness (QED) is 0.878. The van der Waals surface area contributed by atoms with Crippen molar-refractivity contribution in [3.63, 3.8) is 0 Å². The molecule has 0 unspecified atom stereocenters. The van der Waals surface area contributed by atoms with E-state index in [0.29, 0.717) is 16.6 Å². The van der Waals surface area contributed by atoms with Crippen molar-refractivity contribution in [2.24, 2.45) is 0 Å². The van der Waals surface area contributed by atoms with E-state index >= 15 is 0 Å². The average Bonchev–Trinajstić information content (AvgIpc) is 2.34. The number of hydrogen-bond donors (Lipinski definition) is 2. The van der Waals surface area contributed by atoms with E-state index in [0.717, 1.165) is 11.4 Å². The summed E-state index contributed by atoms with van der Waals surface area (Å²) in [6.45, 7) is 0. The molecule has 1 aromatic heterocycles. The summed E-state index contributed by atoms with van der Waals surface area (Å²) < 4.78 is 5.13. The zero-order valence-corrected chi connectivity index (χ0v) is 10.0. The molecule has 4 nitrogen and oxygen atoms in total. The topological polar surface area (TPSA) is 60.2 Å². The highest BCUT2D eigenvalue weighted by Crippen LogP contribution is 2.28. The lowest BCUT2D eigenvalue weighted by molar-refractivity contribution is 0.415. The Morgan fingerprint density at radius 3 is 2.65 bits per heavy atom. The van der Waals surface area contributed by atoms with Gasteiger partial charge in [-0.3, -0.25) is 0 Å². The van der Waals surface area contributed by atoms with Crippen LogP contribution in [0.15, 0.2) is 36.5 Å². The van der Waals surface area contributed by atoms with Gasteiger partial charge in [-0.2, -0.15) is 0 Å². The maximum absolute atomic E-state index is 5.94. The predicted molar refractivity (Wildman–Crippen MR) is 69.9 cm³/mol. The van der Waals surface area contributed by atoms with Crippen LogP contribution in [0.5, 0.6) is 5.75 Å². The van der Waals surface area contributed by atoms with Crippen LogP contribution in [0.3, 0.4) is 0 Å². The predicted octanol–water partition coefficient (Wildman–Crippen LogP) is 3.07. The number of hydrogen-bond acceptors (Lipinski definition) is 4. The number of pyridine rings is 1. The zero-order valence-electron chi connectivity index (χ0n) is 9.27. The second kappa shape index (κ2) is 4.93. The summed E-state index contributed by atoms with van der Waals surface area (Å²) in [7, 11) is 1.58. The average molecular weight is 250 g/mol. The Morgan fingerprint density at radius 2 is 2.00 bits per heavy atom. The van der Waals surface area contributed by atoms with Crippen molar-refractivity contribution >= 4 is 28.8 Å². The van der Waals surface area contributed by atoms with E-state index in [9.17, 15) is 0 Å². The van der Waals surface area contributed by atoms with Crippen molar-refractivity contribution < 1.29 is 4.74 Å². The Bertz CT molecular complexity index is 514. The summed E-state index contributed by atoms with van der Waals surface area (Å²) in [6, 6.07) is 9.03. The third kappa shape index (κ3) is 2.79. The molecular weight excluding hydrogens is 238 g/mol. The van der Waals surface area contributed by atoms with Crippen molar-refractivity contribution in [3.8, 4) is 5.75 Å². The monoisotopic (exact) mass is 249 g/mol. The Balaban J connectivity index is 2.21. The first-order valence-electron chi connectivity index (χ1n) is 5.01. The number of nitrogen functional groups attached to an aromatic ring is 1. The van der Waals surface area contributed by atoms with Gasteiger partial charge in [-0.25, -0.2) is 4.98 Å². The number of aromatic nitrogens is 1. The summed E-state index contributed by atoms with van der Waals surface area (Å²) in [6.07, 6.45) is 1.66. The highest BCUT2D eigenvalue weighted by molar-refractivity contribution is 6.32. The van der Waals surface area contributed by atoms with Crippen LogP contribution in [0, 0.1) is 0 Å². The number of halogens is 1. The van der Waals surface area contributed by atoms with Gasteiger partial charge in [0.05, 0.1) is 24.0 Å². The molecule has 2 aromatic rings. The third-order valence-electron chi connectivity index (χ3n) is 2.23. The Morgan fingerprint density at radius 1 is 1.24 bits per heavy atom. The molecule has 0 atom stereocenters. The first-order valence-corrected chi connectivity index (χ1v) is 5.39. The fourth-order valence-corrected chi connectivity index (χ4v) is 1.58. The fourth-order valence-electron chi connectivity index (χ4n) is 1.38. The van der Waals surface area contributed by atoms with Gasteiger partial charge in [-0.05, 0) is 24.3 Å². The summed E-state index contributed by atoms with van der Waals surface area (Å²) in [5.74, 6) is 1.12. The Labute approximate surface area is 104 Å². The minimum Gasteiger partial charge on any atom is -0.495 e. The molecule has 2 rings (SSSR count). The van der Waals surface area contributed by atoms with Crippen molar-refractivity contribution in [2.75, 3.05) is 18.2 Å². The molecule has 0 radical (unpaired) electrons. The number of anilines is 3. The number of rotatable bonds is 3. The van der Waals surface area contributed by atoms with Gasteiger partial charge >= 0.3 is 0 Å². The van der Waals surface area contributed by atoms with Gasteiger partial charge in [0.2, 0.25) is 0 Å². The molecule has 0 bridgehead atoms. The normalized spacial score (nSPS) is 10.0. The van der Waals surface area contributed by atoms with Crippen LogP contribution < -0.4 is 15.8 Å². The number of nitrogens with zero attached hydrogens (tertiary/aromatic N) is 1. The first kappa shape index (κ1) is 11.5. The number of nitrogens with one attached hydrogen (secondary N) is 1. The third-order valence-corrected chi connectivity index (χ3v) is 2.54. The van der Waals surface area contributed by atoms with Crippen LogP contribution in [0.1, 0.15) is 0 Å². The first-order chi connectivity index (χ1) is 8.19. The van der Waals surface area contributed by atoms with E-state index in [1.165, 1.54) is 0 Å². The van der Waals surface area contributed by atoms with E-state index in [1.807, 2.05) is 18.2 Å². The van der Waals surface area contributed by atoms with Gasteiger partial charge in [-0.1, -0.05) is 11.6 Å². The van der Waals surface area contributed by atoms with Gasteiger partial charge in [0.15, 0.2) is 0 Å². The number of nitrogens with two attached hydrogens (primary N) is 1. The highest BCUT2D eigenvalue weighted by atomic mass is 35.5. The van der Waals surface area contributed by atoms with Gasteiger partial charge in [0.1, 0.15) is 11.6 Å². The second-order valence-electron chi connectivity index (χ2n) is 3.45. The van der Waals surface area contributed by atoms with Crippen molar-refractivity contribution in [3.05, 3.63) is 41.6 Å². The van der Waals surface area contributed by atoms with Gasteiger partial charge in [-0.15, -0.1) is 0 Å². The maximum atomic E-state index is 5.94. The second-order valence-corrected chi connectivity index (χ2v) is 3.85. The van der Waals surface area contributed by atoms with E-state index < -0.39 is 0 Å². The molecule has 0 saturated heterocycles. The minimum absolute atomic E-state index is 0.490. The molecule has 0 spiro atoms. The van der Waals surface area contributed by atoms with Crippen molar-refractivity contribution in [1.29, 1.82) is 0 Å². The molecule has 1 heterocycles. The number of benzene rings is 1. The highest BCUT2D eigenvalue weighted by Gasteiger charge is 2.02. The van der Waals surface area contributed by atoms with E-state index in [4.69, 9.17) is 22.1 Å². The molecule has 1 aromatic carbocycles. The Hall–Kier alpha value is -1.94. The van der Waals surface area contributed by atoms with Crippen LogP contribution in [0.2, 0.25) is 5.02 Å². The number of ether oxygens (including phenoxy) is 1. The fraction of sp³-hybridized carbons (Fsp3) is 0.0833. The summed E-state index contributed by atoms with van der Waals surface area (Å²) in [5, 5.41) is 3.75. The summed E-state index contributed by atoms with van der Waals surface area (Å²) >= 11 is 5.94. The SMILES string of the molecule is COc1cc(Nc2ccc(N)nc2)ccc1Cl. The van der Waals surface area contributed by atoms with Crippen molar-refractivity contribution in [2.45, 2.75) is 0 Å². The molecular formula is C12H12ClN3O. The molecule has 5 heteroatoms. The molecule has 0 fully saturated rings. The van der Waals surface area contributed by atoms with Gasteiger partial charge in [0, 0.05) is 11.8 Å². The molecule has 0 aliphatic rings. The van der Waals surface area contributed by atoms with Crippen LogP contribution in [0.4, 0.5) is 17.2 Å². The maximum Gasteiger partial charge on any atom is 0.139 e. The molecule has 3 N–H and O–H groups in total. The number of methoxy groups -OCH3 is 1. The van der Waals surface area contributed by atoms with Crippen LogP contribution >= 0.6 is 11.6 Å². The van der Waals surface area contributed by atoms with Gasteiger partial charge in [0.25, 0.3) is 0 Å². The van der Waals surface area contributed by atoms with Crippen LogP contribution in [-0.2, 0) is 0 Å². The Kier molecular flexibility index (Phi) is 3.35. The lowest BCUT2D eigenvalue weighted by atomic mass is 10.3. The lowest BCUT2D eigenvalue weighted by Gasteiger charge is -2.09. The summed E-state index contributed by atoms with van der Waals surface area (Å²) in [5.41, 5.74) is 7.23. The zero-order chi connectivity index (χ0) is 12.3. The molecule has 0 amide bonds. The summed E-state index contributed by atoms with van der Waals surface area (Å²) in [4.78, 5) is 3.99. The van der Waals surface area contributed by atoms with Crippen molar-refractivity contribution in [1.82, 2.24) is 4.98 Å². The van der Waals surface area contributed by atoms with E-state index in [1.54, 1.807) is 25.4 Å². The van der Waals surface area contributed by atoms with Gasteiger partial charge < -0.3 is 15.8 Å². The molecule has 0 aliphatic heterocycles. The largest absolute Gasteiger partial charge is 0.495 e. The smallest absolute Gasteiger partial charge is 0.139 e. The standard InChI is InChI=1S/C12H12ClN3O/c1-17-11-6-8(2-4-10(11)13)16-9-3-5-12(14)15-7-9/h2-7,16H,1H3,(H2,14,15). The molecule has 0 aliphatic carbocycles. The van der Waals surface area contributed by atoms with E-state index in [-0.39, 0.29) is 0 Å². The minimum atomic E-state index is 0.490. The lowest BCUT2D eigenvalue weighted by Crippen LogP contribution is -1.94. The van der Waals surface area contributed by atoms with Crippen LogP contribution in [0.25, 0.3) is 0 Å². The molecule has 17 heavy (non-hydrogen) atoms. The van der Waals surface area contributed by atoms with E-state index in [2.05, 4.69) is 10.3 Å². The molecule has 0 saturated carbocycles.